The Morgan fingerprint density at radius 3 is 2.94 bits per heavy atom. The summed E-state index contributed by atoms with van der Waals surface area (Å²) in [7, 11) is 1.93. The highest BCUT2D eigenvalue weighted by atomic mass is 15.4. The van der Waals surface area contributed by atoms with Gasteiger partial charge in [-0.2, -0.15) is 0 Å². The molecule has 0 aliphatic carbocycles. The third kappa shape index (κ3) is 2.23. The molecule has 0 fully saturated rings. The van der Waals surface area contributed by atoms with Crippen molar-refractivity contribution in [3.8, 4) is 0 Å². The molecular formula is C13H19N3. The molecule has 0 saturated carbocycles. The summed E-state index contributed by atoms with van der Waals surface area (Å²) in [5, 5.41) is 8.16. The normalized spacial score (nSPS) is 13.2. The summed E-state index contributed by atoms with van der Waals surface area (Å²) in [6.07, 6.45) is 3.69. The van der Waals surface area contributed by atoms with E-state index >= 15 is 0 Å². The molecule has 1 aromatic carbocycles. The molecule has 2 rings (SSSR count). The van der Waals surface area contributed by atoms with E-state index in [4.69, 9.17) is 0 Å². The number of hydrogen-bond donors (Lipinski definition) is 0. The van der Waals surface area contributed by atoms with Crippen molar-refractivity contribution in [2.24, 2.45) is 13.0 Å². The number of hydrogen-bond acceptors (Lipinski definition) is 2. The Labute approximate surface area is 96.5 Å². The first-order valence-corrected chi connectivity index (χ1v) is 5.99. The minimum Gasteiger partial charge on any atom is -0.248 e. The average Bonchev–Trinajstić information content (AvgIpc) is 2.60. The van der Waals surface area contributed by atoms with Crippen LogP contribution in [0.3, 0.4) is 0 Å². The largest absolute Gasteiger partial charge is 0.248 e. The van der Waals surface area contributed by atoms with Gasteiger partial charge in [0.2, 0.25) is 0 Å². The van der Waals surface area contributed by atoms with Gasteiger partial charge in [0.05, 0.1) is 5.52 Å². The summed E-state index contributed by atoms with van der Waals surface area (Å²) >= 11 is 0. The van der Waals surface area contributed by atoms with Crippen LogP contribution in [0.2, 0.25) is 0 Å². The molecule has 1 atom stereocenters. The molecule has 0 amide bonds. The van der Waals surface area contributed by atoms with Crippen LogP contribution in [-0.4, -0.2) is 15.0 Å². The molecule has 1 unspecified atom stereocenters. The first kappa shape index (κ1) is 11.1. The fourth-order valence-corrected chi connectivity index (χ4v) is 2.21. The van der Waals surface area contributed by atoms with Gasteiger partial charge < -0.3 is 0 Å². The fourth-order valence-electron chi connectivity index (χ4n) is 2.21. The van der Waals surface area contributed by atoms with Crippen LogP contribution >= 0.6 is 0 Å². The zero-order valence-electron chi connectivity index (χ0n) is 10.3. The van der Waals surface area contributed by atoms with Gasteiger partial charge in [-0.1, -0.05) is 38.0 Å². The van der Waals surface area contributed by atoms with Gasteiger partial charge in [-0.3, -0.25) is 0 Å². The first-order valence-electron chi connectivity index (χ1n) is 5.99. The van der Waals surface area contributed by atoms with Gasteiger partial charge in [-0.25, -0.2) is 4.68 Å². The van der Waals surface area contributed by atoms with Gasteiger partial charge in [0.1, 0.15) is 5.52 Å². The van der Waals surface area contributed by atoms with E-state index in [0.717, 1.165) is 23.4 Å². The van der Waals surface area contributed by atoms with Gasteiger partial charge in [0.25, 0.3) is 0 Å². The van der Waals surface area contributed by atoms with E-state index in [-0.39, 0.29) is 0 Å². The van der Waals surface area contributed by atoms with Crippen LogP contribution in [-0.2, 0) is 13.5 Å². The van der Waals surface area contributed by atoms with Crippen LogP contribution < -0.4 is 0 Å². The molecule has 1 heterocycles. The van der Waals surface area contributed by atoms with Crippen molar-refractivity contribution in [3.05, 3.63) is 23.8 Å². The third-order valence-corrected chi connectivity index (χ3v) is 3.04. The highest BCUT2D eigenvalue weighted by molar-refractivity contribution is 5.74. The Bertz CT molecular complexity index is 473. The predicted molar refractivity (Wildman–Crippen MR) is 66.3 cm³/mol. The monoisotopic (exact) mass is 217 g/mol. The van der Waals surface area contributed by atoms with E-state index in [0.29, 0.717) is 0 Å². The summed E-state index contributed by atoms with van der Waals surface area (Å²) in [6.45, 7) is 4.55. The van der Waals surface area contributed by atoms with Crippen molar-refractivity contribution in [1.82, 2.24) is 15.0 Å². The molecule has 1 aromatic heterocycles. The zero-order chi connectivity index (χ0) is 11.5. The third-order valence-electron chi connectivity index (χ3n) is 3.04. The molecule has 0 N–H and O–H groups in total. The number of fused-ring (bicyclic) bond motifs is 1. The summed E-state index contributed by atoms with van der Waals surface area (Å²) < 4.78 is 1.81. The van der Waals surface area contributed by atoms with Gasteiger partial charge in [-0.15, -0.1) is 5.10 Å². The Morgan fingerprint density at radius 1 is 1.38 bits per heavy atom. The second-order valence-electron chi connectivity index (χ2n) is 4.63. The lowest BCUT2D eigenvalue weighted by Gasteiger charge is -2.09. The standard InChI is InChI=1S/C13H19N3/c1-4-5-10(2)8-11-6-7-13-12(9-11)14-15-16(13)3/h6-7,9-10H,4-5,8H2,1-3H3. The SMILES string of the molecule is CCCC(C)Cc1ccc2c(c1)nnn2C. The Hall–Kier alpha value is -1.38. The van der Waals surface area contributed by atoms with Crippen molar-refractivity contribution < 1.29 is 0 Å². The zero-order valence-corrected chi connectivity index (χ0v) is 10.3. The molecule has 0 aliphatic heterocycles. The Balaban J connectivity index is 2.19. The van der Waals surface area contributed by atoms with Gasteiger partial charge in [-0.05, 0) is 30.0 Å². The molecular weight excluding hydrogens is 198 g/mol. The van der Waals surface area contributed by atoms with E-state index in [2.05, 4.69) is 42.4 Å². The van der Waals surface area contributed by atoms with Crippen molar-refractivity contribution >= 4 is 11.0 Å². The maximum atomic E-state index is 4.15. The number of aromatic nitrogens is 3. The summed E-state index contributed by atoms with van der Waals surface area (Å²) in [4.78, 5) is 0. The van der Waals surface area contributed by atoms with E-state index in [1.165, 1.54) is 18.4 Å². The maximum Gasteiger partial charge on any atom is 0.113 e. The molecule has 0 bridgehead atoms. The average molecular weight is 217 g/mol. The first-order chi connectivity index (χ1) is 7.70. The summed E-state index contributed by atoms with van der Waals surface area (Å²) in [5.74, 6) is 0.749. The Kier molecular flexibility index (Phi) is 3.22. The smallest absolute Gasteiger partial charge is 0.113 e. The molecule has 86 valence electrons. The van der Waals surface area contributed by atoms with Gasteiger partial charge in [0, 0.05) is 7.05 Å². The molecule has 3 nitrogen and oxygen atoms in total. The minimum absolute atomic E-state index is 0.749. The van der Waals surface area contributed by atoms with Crippen molar-refractivity contribution in [3.63, 3.8) is 0 Å². The Morgan fingerprint density at radius 2 is 2.19 bits per heavy atom. The topological polar surface area (TPSA) is 30.7 Å². The lowest BCUT2D eigenvalue weighted by Crippen LogP contribution is -1.99. The lowest BCUT2D eigenvalue weighted by molar-refractivity contribution is 0.523. The lowest BCUT2D eigenvalue weighted by atomic mass is 9.97. The number of aryl methyl sites for hydroxylation is 1. The van der Waals surface area contributed by atoms with E-state index in [1.54, 1.807) is 0 Å². The quantitative estimate of drug-likeness (QED) is 0.788. The van der Waals surface area contributed by atoms with Crippen LogP contribution in [0, 0.1) is 5.92 Å². The molecule has 0 saturated heterocycles. The predicted octanol–water partition coefficient (Wildman–Crippen LogP) is 2.95. The fraction of sp³-hybridized carbons (Fsp3) is 0.538. The van der Waals surface area contributed by atoms with E-state index < -0.39 is 0 Å². The highest BCUT2D eigenvalue weighted by Crippen LogP contribution is 2.17. The molecule has 3 heteroatoms. The number of nitrogens with zero attached hydrogens (tertiary/aromatic N) is 3. The van der Waals surface area contributed by atoms with E-state index in [9.17, 15) is 0 Å². The number of rotatable bonds is 4. The van der Waals surface area contributed by atoms with Crippen molar-refractivity contribution in [2.45, 2.75) is 33.1 Å². The molecule has 0 radical (unpaired) electrons. The second kappa shape index (κ2) is 4.64. The second-order valence-corrected chi connectivity index (χ2v) is 4.63. The molecule has 0 aliphatic rings. The van der Waals surface area contributed by atoms with Crippen LogP contribution in [0.1, 0.15) is 32.3 Å². The molecule has 16 heavy (non-hydrogen) atoms. The van der Waals surface area contributed by atoms with Crippen LogP contribution in [0.25, 0.3) is 11.0 Å². The highest BCUT2D eigenvalue weighted by Gasteiger charge is 2.06. The summed E-state index contributed by atoms with van der Waals surface area (Å²) in [5.41, 5.74) is 3.48. The molecule has 2 aromatic rings. The number of benzene rings is 1. The van der Waals surface area contributed by atoms with Crippen LogP contribution in [0.15, 0.2) is 18.2 Å². The summed E-state index contributed by atoms with van der Waals surface area (Å²) in [6, 6.07) is 6.47. The van der Waals surface area contributed by atoms with Crippen LogP contribution in [0.4, 0.5) is 0 Å². The van der Waals surface area contributed by atoms with Crippen LogP contribution in [0.5, 0.6) is 0 Å². The maximum absolute atomic E-state index is 4.15. The van der Waals surface area contributed by atoms with Gasteiger partial charge in [0.15, 0.2) is 0 Å². The molecule has 0 spiro atoms. The minimum atomic E-state index is 0.749. The van der Waals surface area contributed by atoms with Crippen molar-refractivity contribution in [1.29, 1.82) is 0 Å². The van der Waals surface area contributed by atoms with Crippen molar-refractivity contribution in [2.75, 3.05) is 0 Å². The van der Waals surface area contributed by atoms with Gasteiger partial charge >= 0.3 is 0 Å². The van der Waals surface area contributed by atoms with E-state index in [1.807, 2.05) is 11.7 Å².